The van der Waals surface area contributed by atoms with E-state index in [4.69, 9.17) is 0 Å². The number of carbonyl (C=O) groups is 1. The Kier molecular flexibility index (Phi) is 2.25. The van der Waals surface area contributed by atoms with E-state index < -0.39 is 0 Å². The second-order valence-corrected chi connectivity index (χ2v) is 3.50. The predicted octanol–water partition coefficient (Wildman–Crippen LogP) is 2.90. The van der Waals surface area contributed by atoms with Crippen LogP contribution < -0.4 is 0 Å². The SMILES string of the molecule is C=Cc1sc(C(C)=O)cc1C. The van der Waals surface area contributed by atoms with Gasteiger partial charge in [0.05, 0.1) is 4.88 Å². The van der Waals surface area contributed by atoms with Gasteiger partial charge in [-0.15, -0.1) is 11.3 Å². The lowest BCUT2D eigenvalue weighted by atomic mass is 10.2. The van der Waals surface area contributed by atoms with Crippen LogP contribution in [-0.2, 0) is 0 Å². The van der Waals surface area contributed by atoms with Crippen molar-refractivity contribution in [1.29, 1.82) is 0 Å². The minimum atomic E-state index is 0.131. The second-order valence-electron chi connectivity index (χ2n) is 2.42. The summed E-state index contributed by atoms with van der Waals surface area (Å²) in [5.74, 6) is 0.131. The highest BCUT2D eigenvalue weighted by Gasteiger charge is 2.05. The first-order valence-electron chi connectivity index (χ1n) is 3.39. The number of hydrogen-bond donors (Lipinski definition) is 0. The first kappa shape index (κ1) is 8.21. The molecule has 11 heavy (non-hydrogen) atoms. The van der Waals surface area contributed by atoms with Gasteiger partial charge in [-0.05, 0) is 25.5 Å². The third kappa shape index (κ3) is 1.57. The van der Waals surface area contributed by atoms with Crippen molar-refractivity contribution in [3.8, 4) is 0 Å². The lowest BCUT2D eigenvalue weighted by Crippen LogP contribution is -1.83. The number of thiophene rings is 1. The van der Waals surface area contributed by atoms with Crippen LogP contribution >= 0.6 is 11.3 Å². The molecule has 0 bridgehead atoms. The predicted molar refractivity (Wildman–Crippen MR) is 49.2 cm³/mol. The van der Waals surface area contributed by atoms with Crippen LogP contribution in [0.25, 0.3) is 6.08 Å². The Hall–Kier alpha value is -0.890. The van der Waals surface area contributed by atoms with Gasteiger partial charge in [-0.1, -0.05) is 12.7 Å². The van der Waals surface area contributed by atoms with Crippen molar-refractivity contribution in [2.24, 2.45) is 0 Å². The maximum atomic E-state index is 10.9. The highest BCUT2D eigenvalue weighted by Crippen LogP contribution is 2.22. The molecule has 0 aromatic carbocycles. The molecule has 2 heteroatoms. The molecule has 0 fully saturated rings. The van der Waals surface area contributed by atoms with E-state index in [2.05, 4.69) is 6.58 Å². The van der Waals surface area contributed by atoms with Crippen molar-refractivity contribution in [3.63, 3.8) is 0 Å². The van der Waals surface area contributed by atoms with E-state index in [1.54, 1.807) is 13.0 Å². The maximum Gasteiger partial charge on any atom is 0.169 e. The molecule has 0 aliphatic carbocycles. The van der Waals surface area contributed by atoms with Crippen LogP contribution in [0.5, 0.6) is 0 Å². The molecular formula is C9H10OS. The van der Waals surface area contributed by atoms with Crippen LogP contribution in [0.2, 0.25) is 0 Å². The monoisotopic (exact) mass is 166 g/mol. The average Bonchev–Trinajstić information content (AvgIpc) is 2.31. The Balaban J connectivity index is 3.14. The fourth-order valence-electron chi connectivity index (χ4n) is 0.872. The van der Waals surface area contributed by atoms with Gasteiger partial charge < -0.3 is 0 Å². The van der Waals surface area contributed by atoms with Gasteiger partial charge in [0.1, 0.15) is 0 Å². The number of carbonyl (C=O) groups excluding carboxylic acids is 1. The molecule has 0 aliphatic heterocycles. The van der Waals surface area contributed by atoms with Crippen LogP contribution in [0.4, 0.5) is 0 Å². The summed E-state index contributed by atoms with van der Waals surface area (Å²) in [7, 11) is 0. The molecule has 1 aromatic heterocycles. The van der Waals surface area contributed by atoms with E-state index in [9.17, 15) is 4.79 Å². The van der Waals surface area contributed by atoms with Crippen molar-refractivity contribution in [3.05, 3.63) is 28.0 Å². The molecule has 0 radical (unpaired) electrons. The molecule has 58 valence electrons. The van der Waals surface area contributed by atoms with Crippen LogP contribution in [0, 0.1) is 6.92 Å². The summed E-state index contributed by atoms with van der Waals surface area (Å²) < 4.78 is 0. The quantitative estimate of drug-likeness (QED) is 0.617. The smallest absolute Gasteiger partial charge is 0.169 e. The molecule has 0 atom stereocenters. The third-order valence-corrected chi connectivity index (χ3v) is 2.82. The lowest BCUT2D eigenvalue weighted by Gasteiger charge is -1.83. The Bertz CT molecular complexity index is 297. The van der Waals surface area contributed by atoms with Gasteiger partial charge in [0, 0.05) is 4.88 Å². The van der Waals surface area contributed by atoms with E-state index in [0.29, 0.717) is 0 Å². The normalized spacial score (nSPS) is 9.64. The Morgan fingerprint density at radius 3 is 2.64 bits per heavy atom. The van der Waals surface area contributed by atoms with Crippen molar-refractivity contribution in [2.45, 2.75) is 13.8 Å². The molecule has 1 rings (SSSR count). The van der Waals surface area contributed by atoms with E-state index >= 15 is 0 Å². The molecule has 0 unspecified atom stereocenters. The average molecular weight is 166 g/mol. The molecule has 1 aromatic rings. The van der Waals surface area contributed by atoms with Crippen LogP contribution in [-0.4, -0.2) is 5.78 Å². The summed E-state index contributed by atoms with van der Waals surface area (Å²) >= 11 is 1.50. The van der Waals surface area contributed by atoms with Crippen molar-refractivity contribution < 1.29 is 4.79 Å². The van der Waals surface area contributed by atoms with E-state index in [1.165, 1.54) is 11.3 Å². The van der Waals surface area contributed by atoms with Crippen molar-refractivity contribution >= 4 is 23.2 Å². The number of hydrogen-bond acceptors (Lipinski definition) is 2. The Morgan fingerprint density at radius 1 is 1.73 bits per heavy atom. The maximum absolute atomic E-state index is 10.9. The molecule has 0 spiro atoms. The fraction of sp³-hybridized carbons (Fsp3) is 0.222. The van der Waals surface area contributed by atoms with Crippen molar-refractivity contribution in [2.75, 3.05) is 0 Å². The molecule has 0 amide bonds. The van der Waals surface area contributed by atoms with Gasteiger partial charge in [0.15, 0.2) is 5.78 Å². The van der Waals surface area contributed by atoms with Gasteiger partial charge >= 0.3 is 0 Å². The molecule has 1 nitrogen and oxygen atoms in total. The second kappa shape index (κ2) is 3.01. The molecule has 0 aliphatic rings. The zero-order valence-corrected chi connectivity index (χ0v) is 7.49. The minimum absolute atomic E-state index is 0.131. The van der Waals surface area contributed by atoms with Gasteiger partial charge in [-0.3, -0.25) is 4.79 Å². The third-order valence-electron chi connectivity index (χ3n) is 1.49. The summed E-state index contributed by atoms with van der Waals surface area (Å²) in [5, 5.41) is 0. The summed E-state index contributed by atoms with van der Waals surface area (Å²) in [5.41, 5.74) is 1.13. The highest BCUT2D eigenvalue weighted by molar-refractivity contribution is 7.15. The minimum Gasteiger partial charge on any atom is -0.294 e. The van der Waals surface area contributed by atoms with Gasteiger partial charge in [-0.2, -0.15) is 0 Å². The summed E-state index contributed by atoms with van der Waals surface area (Å²) in [6.07, 6.45) is 1.78. The first-order valence-corrected chi connectivity index (χ1v) is 4.20. The van der Waals surface area contributed by atoms with Crippen molar-refractivity contribution in [1.82, 2.24) is 0 Å². The molecular weight excluding hydrogens is 156 g/mol. The van der Waals surface area contributed by atoms with Crippen LogP contribution in [0.3, 0.4) is 0 Å². The van der Waals surface area contributed by atoms with E-state index in [-0.39, 0.29) is 5.78 Å². The zero-order valence-electron chi connectivity index (χ0n) is 6.68. The number of aryl methyl sites for hydroxylation is 1. The summed E-state index contributed by atoms with van der Waals surface area (Å²) in [4.78, 5) is 12.8. The topological polar surface area (TPSA) is 17.1 Å². The van der Waals surface area contributed by atoms with Crippen LogP contribution in [0.15, 0.2) is 12.6 Å². The summed E-state index contributed by atoms with van der Waals surface area (Å²) in [6, 6.07) is 1.91. The van der Waals surface area contributed by atoms with Crippen LogP contribution in [0.1, 0.15) is 27.0 Å². The molecule has 1 heterocycles. The zero-order chi connectivity index (χ0) is 8.43. The molecule has 0 saturated heterocycles. The number of ketones is 1. The van der Waals surface area contributed by atoms with E-state index in [1.807, 2.05) is 13.0 Å². The Labute approximate surface area is 70.4 Å². The number of rotatable bonds is 2. The highest BCUT2D eigenvalue weighted by atomic mass is 32.1. The molecule has 0 N–H and O–H groups in total. The van der Waals surface area contributed by atoms with E-state index in [0.717, 1.165) is 15.3 Å². The lowest BCUT2D eigenvalue weighted by molar-refractivity contribution is 0.102. The largest absolute Gasteiger partial charge is 0.294 e. The van der Waals surface area contributed by atoms with Gasteiger partial charge in [0.2, 0.25) is 0 Å². The standard InChI is InChI=1S/C9H10OS/c1-4-8-6(2)5-9(11-8)7(3)10/h4-5H,1H2,2-3H3. The molecule has 0 saturated carbocycles. The van der Waals surface area contributed by atoms with Gasteiger partial charge in [0.25, 0.3) is 0 Å². The number of Topliss-reactive ketones (excluding diaryl/α,β-unsaturated/α-hetero) is 1. The summed E-state index contributed by atoms with van der Waals surface area (Å²) in [6.45, 7) is 7.23. The Morgan fingerprint density at radius 2 is 2.36 bits per heavy atom. The van der Waals surface area contributed by atoms with Gasteiger partial charge in [-0.25, -0.2) is 0 Å². The fourth-order valence-corrected chi connectivity index (χ4v) is 1.79. The first-order chi connectivity index (χ1) is 5.15.